The Morgan fingerprint density at radius 2 is 1.86 bits per heavy atom. The summed E-state index contributed by atoms with van der Waals surface area (Å²) in [6.07, 6.45) is 5.48. The molecule has 1 saturated heterocycles. The van der Waals surface area contributed by atoms with Crippen LogP contribution >= 0.6 is 0 Å². The molecule has 2 rings (SSSR count). The first kappa shape index (κ1) is 16.8. The number of benzene rings is 1. The molecule has 1 aromatic carbocycles. The molecular weight excluding hydrogens is 286 g/mol. The first-order valence-corrected chi connectivity index (χ1v) is 7.63. The molecule has 0 unspecified atom stereocenters. The molecule has 0 radical (unpaired) electrons. The van der Waals surface area contributed by atoms with E-state index in [1.807, 2.05) is 31.2 Å². The Morgan fingerprint density at radius 3 is 2.45 bits per heavy atom. The van der Waals surface area contributed by atoms with Crippen LogP contribution in [0, 0.1) is 5.92 Å². The van der Waals surface area contributed by atoms with Crippen molar-refractivity contribution in [2.75, 3.05) is 13.2 Å². The van der Waals surface area contributed by atoms with Gasteiger partial charge in [-0.15, -0.1) is 0 Å². The molecule has 0 aliphatic carbocycles. The number of hydrogen-bond acceptors (Lipinski definition) is 2. The molecule has 1 fully saturated rings. The van der Waals surface area contributed by atoms with Crippen LogP contribution in [0.3, 0.4) is 0 Å². The Labute approximate surface area is 130 Å². The minimum Gasteiger partial charge on any atom is -0.348 e. The van der Waals surface area contributed by atoms with Crippen molar-refractivity contribution in [3.63, 3.8) is 0 Å². The minimum absolute atomic E-state index is 0.238. The van der Waals surface area contributed by atoms with E-state index in [1.165, 1.54) is 0 Å². The molecule has 0 N–H and O–H groups in total. The zero-order valence-electron chi connectivity index (χ0n) is 12.8. The van der Waals surface area contributed by atoms with Crippen LogP contribution < -0.4 is 0 Å². The van der Waals surface area contributed by atoms with Crippen molar-refractivity contribution in [3.8, 4) is 0 Å². The van der Waals surface area contributed by atoms with E-state index >= 15 is 0 Å². The summed E-state index contributed by atoms with van der Waals surface area (Å²) < 4.78 is 35.6. The Morgan fingerprint density at radius 1 is 1.18 bits per heavy atom. The van der Waals surface area contributed by atoms with Gasteiger partial charge in [-0.1, -0.05) is 36.4 Å². The highest BCUT2D eigenvalue weighted by molar-refractivity contribution is 5.25. The van der Waals surface area contributed by atoms with Crippen LogP contribution in [0.2, 0.25) is 0 Å². The quantitative estimate of drug-likeness (QED) is 0.686. The molecule has 0 aromatic heterocycles. The molecule has 0 saturated carbocycles. The standard InChI is InChI=1S/C18H22F2O2/c1-2-3-4-5-15-12-21-18(22-13-15)16-9-6-14(7-10-16)8-11-17(19)20/h2-3,6-7,9-11,15,18H,4-5,8,12-13H2,1H3. The van der Waals surface area contributed by atoms with Crippen LogP contribution in [0.15, 0.2) is 48.6 Å². The van der Waals surface area contributed by atoms with Crippen LogP contribution in [0.4, 0.5) is 8.78 Å². The third-order valence-corrected chi connectivity index (χ3v) is 3.69. The van der Waals surface area contributed by atoms with Crippen molar-refractivity contribution in [1.82, 2.24) is 0 Å². The van der Waals surface area contributed by atoms with Gasteiger partial charge in [0.15, 0.2) is 6.29 Å². The molecule has 1 aliphatic rings. The fraction of sp³-hybridized carbons (Fsp3) is 0.444. The SMILES string of the molecule is CC=CCCC1COC(c2ccc(CC=C(F)F)cc2)OC1. The van der Waals surface area contributed by atoms with Crippen LogP contribution in [0.5, 0.6) is 0 Å². The summed E-state index contributed by atoms with van der Waals surface area (Å²) in [5.41, 5.74) is 1.77. The lowest BCUT2D eigenvalue weighted by molar-refractivity contribution is -0.205. The Hall–Kier alpha value is -1.52. The van der Waals surface area contributed by atoms with E-state index in [2.05, 4.69) is 12.2 Å². The topological polar surface area (TPSA) is 18.5 Å². The second-order valence-electron chi connectivity index (χ2n) is 5.45. The van der Waals surface area contributed by atoms with Crippen molar-refractivity contribution in [2.45, 2.75) is 32.5 Å². The van der Waals surface area contributed by atoms with Crippen molar-refractivity contribution in [1.29, 1.82) is 0 Å². The zero-order valence-corrected chi connectivity index (χ0v) is 12.8. The van der Waals surface area contributed by atoms with Crippen molar-refractivity contribution < 1.29 is 18.3 Å². The highest BCUT2D eigenvalue weighted by atomic mass is 19.3. The van der Waals surface area contributed by atoms with Gasteiger partial charge >= 0.3 is 0 Å². The van der Waals surface area contributed by atoms with Gasteiger partial charge in [0, 0.05) is 11.5 Å². The predicted molar refractivity (Wildman–Crippen MR) is 82.6 cm³/mol. The van der Waals surface area contributed by atoms with Crippen LogP contribution in [0.25, 0.3) is 0 Å². The van der Waals surface area contributed by atoms with E-state index < -0.39 is 6.08 Å². The first-order chi connectivity index (χ1) is 10.7. The first-order valence-electron chi connectivity index (χ1n) is 7.63. The van der Waals surface area contributed by atoms with Gasteiger partial charge in [-0.25, -0.2) is 0 Å². The van der Waals surface area contributed by atoms with Gasteiger partial charge in [0.25, 0.3) is 6.08 Å². The van der Waals surface area contributed by atoms with E-state index in [0.29, 0.717) is 19.1 Å². The molecular formula is C18H22F2O2. The molecule has 0 atom stereocenters. The van der Waals surface area contributed by atoms with E-state index in [9.17, 15) is 8.78 Å². The largest absolute Gasteiger partial charge is 0.348 e. The maximum Gasteiger partial charge on any atom is 0.266 e. The lowest BCUT2D eigenvalue weighted by Gasteiger charge is -2.29. The third-order valence-electron chi connectivity index (χ3n) is 3.69. The van der Waals surface area contributed by atoms with E-state index in [-0.39, 0.29) is 12.7 Å². The molecule has 4 heteroatoms. The Bertz CT molecular complexity index is 496. The second-order valence-corrected chi connectivity index (χ2v) is 5.45. The van der Waals surface area contributed by atoms with E-state index in [4.69, 9.17) is 9.47 Å². The second kappa shape index (κ2) is 8.81. The van der Waals surface area contributed by atoms with Gasteiger partial charge in [-0.05, 0) is 37.8 Å². The molecule has 0 bridgehead atoms. The molecule has 0 amide bonds. The molecule has 2 nitrogen and oxygen atoms in total. The molecule has 1 aromatic rings. The summed E-state index contributed by atoms with van der Waals surface area (Å²) in [5.74, 6) is 0.435. The van der Waals surface area contributed by atoms with Crippen molar-refractivity contribution >= 4 is 0 Å². The van der Waals surface area contributed by atoms with E-state index in [0.717, 1.165) is 30.0 Å². The fourth-order valence-electron chi connectivity index (χ4n) is 2.41. The number of halogens is 2. The van der Waals surface area contributed by atoms with Gasteiger partial charge in [0.05, 0.1) is 13.2 Å². The summed E-state index contributed by atoms with van der Waals surface area (Å²) in [6.45, 7) is 3.41. The van der Waals surface area contributed by atoms with E-state index in [1.54, 1.807) is 0 Å². The number of hydrogen-bond donors (Lipinski definition) is 0. The van der Waals surface area contributed by atoms with Gasteiger partial charge in [-0.2, -0.15) is 8.78 Å². The smallest absolute Gasteiger partial charge is 0.266 e. The monoisotopic (exact) mass is 308 g/mol. The molecule has 1 aliphatic heterocycles. The molecule has 1 heterocycles. The highest BCUT2D eigenvalue weighted by Gasteiger charge is 2.22. The Kier molecular flexibility index (Phi) is 6.74. The summed E-state index contributed by atoms with van der Waals surface area (Å²) >= 11 is 0. The van der Waals surface area contributed by atoms with Gasteiger partial charge in [0.1, 0.15) is 0 Å². The lowest BCUT2D eigenvalue weighted by Crippen LogP contribution is -2.27. The summed E-state index contributed by atoms with van der Waals surface area (Å²) in [4.78, 5) is 0. The molecule has 0 spiro atoms. The lowest BCUT2D eigenvalue weighted by atomic mass is 10.0. The summed E-state index contributed by atoms with van der Waals surface area (Å²) in [6, 6.07) is 7.42. The number of ether oxygens (including phenoxy) is 2. The van der Waals surface area contributed by atoms with Gasteiger partial charge < -0.3 is 9.47 Å². The zero-order chi connectivity index (χ0) is 15.8. The van der Waals surface area contributed by atoms with Crippen molar-refractivity contribution in [2.24, 2.45) is 5.92 Å². The van der Waals surface area contributed by atoms with Crippen molar-refractivity contribution in [3.05, 3.63) is 59.7 Å². The number of allylic oxidation sites excluding steroid dienone is 3. The maximum absolute atomic E-state index is 12.1. The molecule has 120 valence electrons. The minimum atomic E-state index is -1.65. The predicted octanol–water partition coefficient (Wildman–Crippen LogP) is 5.03. The van der Waals surface area contributed by atoms with Gasteiger partial charge in [0.2, 0.25) is 0 Å². The summed E-state index contributed by atoms with van der Waals surface area (Å²) in [5, 5.41) is 0. The Balaban J connectivity index is 1.82. The van der Waals surface area contributed by atoms with Crippen LogP contribution in [-0.2, 0) is 15.9 Å². The number of rotatable bonds is 6. The highest BCUT2D eigenvalue weighted by Crippen LogP contribution is 2.27. The normalized spacial score (nSPS) is 22.0. The average molecular weight is 308 g/mol. The average Bonchev–Trinajstić information content (AvgIpc) is 2.54. The van der Waals surface area contributed by atoms with Crippen LogP contribution in [0.1, 0.15) is 37.2 Å². The molecule has 22 heavy (non-hydrogen) atoms. The summed E-state index contributed by atoms with van der Waals surface area (Å²) in [7, 11) is 0. The maximum atomic E-state index is 12.1. The van der Waals surface area contributed by atoms with Gasteiger partial charge in [-0.3, -0.25) is 0 Å². The third kappa shape index (κ3) is 5.35. The van der Waals surface area contributed by atoms with Crippen LogP contribution in [-0.4, -0.2) is 13.2 Å². The fourth-order valence-corrected chi connectivity index (χ4v) is 2.41.